The van der Waals surface area contributed by atoms with Crippen molar-refractivity contribution in [2.45, 2.75) is 57.8 Å². The third-order valence-electron chi connectivity index (χ3n) is 2.67. The molecule has 6 nitrogen and oxygen atoms in total. The molecular formula is C11H23N3O3P+. The maximum Gasteiger partial charge on any atom is 0.694 e. The minimum absolute atomic E-state index is 0.380. The molecule has 0 aromatic heterocycles. The van der Waals surface area contributed by atoms with Crippen LogP contribution in [-0.2, 0) is 9.09 Å². The summed E-state index contributed by atoms with van der Waals surface area (Å²) in [7, 11) is -2.42. The Balaban J connectivity index is 2.98. The molecule has 1 N–H and O–H groups in total. The van der Waals surface area contributed by atoms with E-state index >= 15 is 0 Å². The summed E-state index contributed by atoms with van der Waals surface area (Å²) < 4.78 is 14.8. The second kappa shape index (κ2) is 14.4. The molecule has 1 unspecified atom stereocenters. The van der Waals surface area contributed by atoms with Crippen molar-refractivity contribution in [3.63, 3.8) is 0 Å². The van der Waals surface area contributed by atoms with Crippen molar-refractivity contribution < 1.29 is 14.0 Å². The van der Waals surface area contributed by atoms with E-state index in [1.54, 1.807) is 0 Å². The van der Waals surface area contributed by atoms with Crippen molar-refractivity contribution in [1.82, 2.24) is 0 Å². The molecule has 0 spiro atoms. The average molecular weight is 276 g/mol. The summed E-state index contributed by atoms with van der Waals surface area (Å²) >= 11 is 0. The zero-order valence-electron chi connectivity index (χ0n) is 10.8. The Hall–Kier alpha value is -0.670. The molecule has 7 heteroatoms. The minimum atomic E-state index is -2.42. The summed E-state index contributed by atoms with van der Waals surface area (Å²) in [6, 6.07) is 0. The summed E-state index contributed by atoms with van der Waals surface area (Å²) in [6.07, 6.45) is 10.1. The molecule has 1 atom stereocenters. The van der Waals surface area contributed by atoms with Crippen LogP contribution in [-0.4, -0.2) is 18.0 Å². The zero-order valence-corrected chi connectivity index (χ0v) is 11.7. The maximum absolute atomic E-state index is 10.2. The van der Waals surface area contributed by atoms with Gasteiger partial charge in [-0.15, -0.1) is 9.42 Å². The van der Waals surface area contributed by atoms with Gasteiger partial charge in [0.05, 0.1) is 0 Å². The molecule has 0 aliphatic heterocycles. The summed E-state index contributed by atoms with van der Waals surface area (Å²) in [5.41, 5.74) is 8.08. The third kappa shape index (κ3) is 15.3. The lowest BCUT2D eigenvalue weighted by Crippen LogP contribution is -1.87. The maximum atomic E-state index is 10.2. The number of hydrogen-bond donors (Lipinski definition) is 1. The highest BCUT2D eigenvalue weighted by Crippen LogP contribution is 2.16. The van der Waals surface area contributed by atoms with Gasteiger partial charge in [-0.2, -0.15) is 0 Å². The Morgan fingerprint density at radius 1 is 1.00 bits per heavy atom. The highest BCUT2D eigenvalue weighted by Gasteiger charge is 2.09. The first-order valence-electron chi connectivity index (χ1n) is 6.57. The lowest BCUT2D eigenvalue weighted by atomic mass is 10.1. The van der Waals surface area contributed by atoms with E-state index in [-0.39, 0.29) is 0 Å². The topological polar surface area (TPSA) is 95.3 Å². The zero-order chi connectivity index (χ0) is 13.5. The molecule has 0 saturated heterocycles. The van der Waals surface area contributed by atoms with Crippen molar-refractivity contribution in [1.29, 1.82) is 0 Å². The van der Waals surface area contributed by atoms with E-state index < -0.39 is 8.25 Å². The fourth-order valence-corrected chi connectivity index (χ4v) is 1.99. The Labute approximate surface area is 109 Å². The monoisotopic (exact) mass is 276 g/mol. The van der Waals surface area contributed by atoms with Crippen molar-refractivity contribution >= 4 is 8.25 Å². The van der Waals surface area contributed by atoms with E-state index in [9.17, 15) is 4.57 Å². The minimum Gasteiger partial charge on any atom is -0.133 e. The van der Waals surface area contributed by atoms with Gasteiger partial charge in [-0.3, -0.25) is 0 Å². The molecule has 0 saturated carbocycles. The summed E-state index contributed by atoms with van der Waals surface area (Å²) in [4.78, 5) is 11.1. The van der Waals surface area contributed by atoms with Crippen LogP contribution in [0.5, 0.6) is 0 Å². The van der Waals surface area contributed by atoms with Crippen LogP contribution in [0.25, 0.3) is 10.4 Å². The third-order valence-corrected chi connectivity index (χ3v) is 3.07. The molecule has 18 heavy (non-hydrogen) atoms. The lowest BCUT2D eigenvalue weighted by Gasteiger charge is -2.00. The first kappa shape index (κ1) is 17.3. The molecule has 104 valence electrons. The second-order valence-corrected chi connectivity index (χ2v) is 4.94. The average Bonchev–Trinajstić information content (AvgIpc) is 2.34. The van der Waals surface area contributed by atoms with Gasteiger partial charge in [0.15, 0.2) is 0 Å². The largest absolute Gasteiger partial charge is 0.694 e. The van der Waals surface area contributed by atoms with Crippen LogP contribution >= 0.6 is 8.25 Å². The smallest absolute Gasteiger partial charge is 0.133 e. The molecule has 0 rings (SSSR count). The van der Waals surface area contributed by atoms with Gasteiger partial charge in [0.1, 0.15) is 6.61 Å². The van der Waals surface area contributed by atoms with Crippen LogP contribution in [0, 0.1) is 0 Å². The molecule has 0 amide bonds. The Morgan fingerprint density at radius 2 is 1.50 bits per heavy atom. The van der Waals surface area contributed by atoms with Crippen molar-refractivity contribution in [3.05, 3.63) is 10.4 Å². The lowest BCUT2D eigenvalue weighted by molar-refractivity contribution is 0.273. The Kier molecular flexibility index (Phi) is 13.9. The predicted molar refractivity (Wildman–Crippen MR) is 71.3 cm³/mol. The molecule has 0 aromatic rings. The van der Waals surface area contributed by atoms with Crippen LogP contribution in [0.4, 0.5) is 0 Å². The molecule has 0 fully saturated rings. The van der Waals surface area contributed by atoms with E-state index in [2.05, 4.69) is 14.5 Å². The second-order valence-electron chi connectivity index (χ2n) is 4.21. The standard InChI is InChI=1S/C11H22N3O3P/c12-14-13-10-8-6-4-2-1-3-5-7-9-11-17-18(15)16/h1-11H2/p+1. The first-order valence-corrected chi connectivity index (χ1v) is 7.70. The Morgan fingerprint density at radius 3 is 2.00 bits per heavy atom. The number of hydrogen-bond acceptors (Lipinski definition) is 3. The van der Waals surface area contributed by atoms with Gasteiger partial charge < -0.3 is 0 Å². The molecular weight excluding hydrogens is 253 g/mol. The predicted octanol–water partition coefficient (Wildman–Crippen LogP) is 4.47. The fraction of sp³-hybridized carbons (Fsp3) is 1.00. The van der Waals surface area contributed by atoms with Crippen molar-refractivity contribution in [2.75, 3.05) is 13.2 Å². The molecule has 0 radical (unpaired) electrons. The van der Waals surface area contributed by atoms with Crippen LogP contribution in [0.1, 0.15) is 57.8 Å². The van der Waals surface area contributed by atoms with Crippen LogP contribution in [0.15, 0.2) is 5.11 Å². The summed E-state index contributed by atoms with van der Waals surface area (Å²) in [6.45, 7) is 0.995. The Bertz CT molecular complexity index is 246. The fourth-order valence-electron chi connectivity index (χ4n) is 1.71. The van der Waals surface area contributed by atoms with Crippen LogP contribution < -0.4 is 0 Å². The van der Waals surface area contributed by atoms with Crippen LogP contribution in [0.2, 0.25) is 0 Å². The van der Waals surface area contributed by atoms with Gasteiger partial charge >= 0.3 is 8.25 Å². The van der Waals surface area contributed by atoms with Crippen LogP contribution in [0.3, 0.4) is 0 Å². The van der Waals surface area contributed by atoms with Gasteiger partial charge in [-0.25, -0.2) is 0 Å². The molecule has 0 heterocycles. The SMILES string of the molecule is [N-]=[N+]=NCCCCCCCCCCCO[P+](=O)O. The summed E-state index contributed by atoms with van der Waals surface area (Å²) in [5, 5.41) is 3.49. The van der Waals surface area contributed by atoms with E-state index in [1.165, 1.54) is 25.7 Å². The normalized spacial score (nSPS) is 11.1. The van der Waals surface area contributed by atoms with Gasteiger partial charge in [-0.05, 0) is 18.4 Å². The number of nitrogens with zero attached hydrogens (tertiary/aromatic N) is 3. The van der Waals surface area contributed by atoms with E-state index in [0.29, 0.717) is 13.2 Å². The highest BCUT2D eigenvalue weighted by atomic mass is 31.1. The molecule has 0 aliphatic carbocycles. The number of unbranched alkanes of at least 4 members (excludes halogenated alkanes) is 8. The number of azide groups is 1. The van der Waals surface area contributed by atoms with Gasteiger partial charge in [0.25, 0.3) is 0 Å². The number of rotatable bonds is 13. The van der Waals surface area contributed by atoms with Crippen molar-refractivity contribution in [2.24, 2.45) is 5.11 Å². The van der Waals surface area contributed by atoms with Gasteiger partial charge in [-0.1, -0.05) is 50.1 Å². The first-order chi connectivity index (χ1) is 8.77. The summed E-state index contributed by atoms with van der Waals surface area (Å²) in [5.74, 6) is 0. The molecule has 0 aromatic carbocycles. The molecule has 0 bridgehead atoms. The van der Waals surface area contributed by atoms with E-state index in [4.69, 9.17) is 10.4 Å². The van der Waals surface area contributed by atoms with E-state index in [1.807, 2.05) is 0 Å². The molecule has 0 aliphatic rings. The van der Waals surface area contributed by atoms with Crippen molar-refractivity contribution in [3.8, 4) is 0 Å². The quantitative estimate of drug-likeness (QED) is 0.177. The highest BCUT2D eigenvalue weighted by molar-refractivity contribution is 7.32. The van der Waals surface area contributed by atoms with Gasteiger partial charge in [0, 0.05) is 16.0 Å². The van der Waals surface area contributed by atoms with Gasteiger partial charge in [0.2, 0.25) is 0 Å². The van der Waals surface area contributed by atoms with E-state index in [0.717, 1.165) is 32.1 Å².